The van der Waals surface area contributed by atoms with Gasteiger partial charge < -0.3 is 5.32 Å². The normalized spacial score (nSPS) is 12.0. The minimum atomic E-state index is -0.657. The quantitative estimate of drug-likeness (QED) is 0.449. The lowest BCUT2D eigenvalue weighted by molar-refractivity contribution is 0.114. The Bertz CT molecular complexity index is 406. The molecular formula is C9H12FN3O2S2. The first-order valence-corrected chi connectivity index (χ1v) is 6.57. The number of carbonyl (C=O) groups excluding carboxylic acids is 1. The predicted octanol–water partition coefficient (Wildman–Crippen LogP) is 2.54. The Morgan fingerprint density at radius 2 is 2.35 bits per heavy atom. The molecule has 0 aliphatic carbocycles. The maximum Gasteiger partial charge on any atom is 0.343 e. The van der Waals surface area contributed by atoms with E-state index in [0.29, 0.717) is 5.56 Å². The van der Waals surface area contributed by atoms with Gasteiger partial charge in [-0.2, -0.15) is 0 Å². The van der Waals surface area contributed by atoms with Crippen molar-refractivity contribution < 1.29 is 14.0 Å². The summed E-state index contributed by atoms with van der Waals surface area (Å²) >= 11 is 4.05. The topological polar surface area (TPSA) is 63.2 Å². The highest BCUT2D eigenvalue weighted by molar-refractivity contribution is 8.68. The van der Waals surface area contributed by atoms with Crippen molar-refractivity contribution in [2.45, 2.75) is 12.2 Å². The molecule has 2 N–H and O–H groups in total. The van der Waals surface area contributed by atoms with Gasteiger partial charge in [-0.05, 0) is 6.92 Å². The summed E-state index contributed by atoms with van der Waals surface area (Å²) in [6.07, 6.45) is 2.52. The molecule has 0 aliphatic heterocycles. The summed E-state index contributed by atoms with van der Waals surface area (Å²) < 4.78 is 13.6. The van der Waals surface area contributed by atoms with Crippen molar-refractivity contribution in [3.8, 4) is 0 Å². The van der Waals surface area contributed by atoms with Crippen molar-refractivity contribution in [2.24, 2.45) is 0 Å². The molecule has 0 saturated carbocycles. The Morgan fingerprint density at radius 1 is 1.65 bits per heavy atom. The van der Waals surface area contributed by atoms with E-state index in [9.17, 15) is 9.18 Å². The third-order valence-corrected chi connectivity index (χ3v) is 3.48. The van der Waals surface area contributed by atoms with E-state index in [4.69, 9.17) is 0 Å². The Morgan fingerprint density at radius 3 is 2.94 bits per heavy atom. The number of rotatable bonds is 4. The number of nitrogens with one attached hydrogen (secondary N) is 2. The van der Waals surface area contributed by atoms with Gasteiger partial charge in [-0.25, -0.2) is 14.7 Å². The van der Waals surface area contributed by atoms with Crippen molar-refractivity contribution in [2.75, 3.05) is 12.4 Å². The number of hydrogen-bond donors (Lipinski definition) is 3. The Hall–Kier alpha value is -0.990. The molecule has 1 rings (SSSR count). The van der Waals surface area contributed by atoms with E-state index in [0.717, 1.165) is 6.20 Å². The summed E-state index contributed by atoms with van der Waals surface area (Å²) in [5.74, 6) is -0.608. The van der Waals surface area contributed by atoms with Crippen molar-refractivity contribution >= 4 is 34.2 Å². The lowest BCUT2D eigenvalue weighted by Gasteiger charge is -2.14. The summed E-state index contributed by atoms with van der Waals surface area (Å²) in [5.41, 5.74) is 2.67. The first kappa shape index (κ1) is 14.1. The number of hydroxylamine groups is 1. The second-order valence-corrected chi connectivity index (χ2v) is 4.64. The number of nitrogens with zero attached hydrogens (tertiary/aromatic N) is 1. The first-order chi connectivity index (χ1) is 8.10. The van der Waals surface area contributed by atoms with Gasteiger partial charge in [0, 0.05) is 17.0 Å². The smallest absolute Gasteiger partial charge is 0.303 e. The van der Waals surface area contributed by atoms with E-state index >= 15 is 0 Å². The highest BCUT2D eigenvalue weighted by Gasteiger charge is 2.16. The lowest BCUT2D eigenvalue weighted by atomic mass is 10.2. The third kappa shape index (κ3) is 3.76. The van der Waals surface area contributed by atoms with E-state index in [1.54, 1.807) is 0 Å². The van der Waals surface area contributed by atoms with Crippen LogP contribution in [-0.2, 0) is 4.84 Å². The van der Waals surface area contributed by atoms with E-state index in [2.05, 4.69) is 26.8 Å². The van der Waals surface area contributed by atoms with Crippen LogP contribution in [0.5, 0.6) is 0 Å². The molecule has 2 amide bonds. The van der Waals surface area contributed by atoms with Crippen LogP contribution in [0.1, 0.15) is 17.7 Å². The molecule has 0 spiro atoms. The van der Waals surface area contributed by atoms with Crippen LogP contribution in [0.15, 0.2) is 12.4 Å². The maximum absolute atomic E-state index is 13.6. The molecule has 1 unspecified atom stereocenters. The SMILES string of the molecule is CONC(=O)Nc1c(F)cncc1C(C)SS. The van der Waals surface area contributed by atoms with Gasteiger partial charge in [0.25, 0.3) is 0 Å². The second kappa shape index (κ2) is 6.67. The zero-order valence-electron chi connectivity index (χ0n) is 9.23. The molecule has 1 atom stereocenters. The molecule has 1 aromatic heterocycles. The summed E-state index contributed by atoms with van der Waals surface area (Å²) in [6.45, 7) is 1.83. The number of aromatic nitrogens is 1. The van der Waals surface area contributed by atoms with Crippen LogP contribution in [0.3, 0.4) is 0 Å². The van der Waals surface area contributed by atoms with Gasteiger partial charge in [-0.15, -0.1) is 11.7 Å². The molecule has 94 valence electrons. The number of amides is 2. The van der Waals surface area contributed by atoms with Crippen molar-refractivity contribution in [1.82, 2.24) is 10.5 Å². The molecule has 8 heteroatoms. The molecule has 0 radical (unpaired) electrons. The molecule has 0 aliphatic rings. The van der Waals surface area contributed by atoms with Gasteiger partial charge in [0.1, 0.15) is 0 Å². The second-order valence-electron chi connectivity index (χ2n) is 3.09. The third-order valence-electron chi connectivity index (χ3n) is 1.96. The number of carbonyl (C=O) groups is 1. The molecule has 0 fully saturated rings. The zero-order valence-corrected chi connectivity index (χ0v) is 10.9. The maximum atomic E-state index is 13.6. The molecule has 1 heterocycles. The largest absolute Gasteiger partial charge is 0.343 e. The van der Waals surface area contributed by atoms with Crippen LogP contribution < -0.4 is 10.8 Å². The van der Waals surface area contributed by atoms with Gasteiger partial charge in [0.05, 0.1) is 19.0 Å². The van der Waals surface area contributed by atoms with Crippen molar-refractivity contribution in [3.05, 3.63) is 23.8 Å². The van der Waals surface area contributed by atoms with Gasteiger partial charge in [-0.1, -0.05) is 10.8 Å². The molecule has 0 saturated heterocycles. The summed E-state index contributed by atoms with van der Waals surface area (Å²) in [4.78, 5) is 19.4. The fraction of sp³-hybridized carbons (Fsp3) is 0.333. The summed E-state index contributed by atoms with van der Waals surface area (Å²) in [5, 5.41) is 2.25. The zero-order chi connectivity index (χ0) is 12.8. The Labute approximate surface area is 107 Å². The number of hydrogen-bond acceptors (Lipinski definition) is 5. The molecule has 1 aromatic rings. The summed E-state index contributed by atoms with van der Waals surface area (Å²) in [6, 6.07) is -0.657. The first-order valence-electron chi connectivity index (χ1n) is 4.63. The van der Waals surface area contributed by atoms with Crippen LogP contribution in [0, 0.1) is 5.82 Å². The monoisotopic (exact) mass is 277 g/mol. The standard InChI is InChI=1S/C9H12FN3O2S2/c1-5(17-16)6-3-11-4-7(10)8(6)12-9(14)13-15-2/h3-5,16H,1-2H3,(H2,11,12,13,14). The van der Waals surface area contributed by atoms with Crippen molar-refractivity contribution in [3.63, 3.8) is 0 Å². The van der Waals surface area contributed by atoms with Crippen molar-refractivity contribution in [1.29, 1.82) is 0 Å². The highest BCUT2D eigenvalue weighted by Crippen LogP contribution is 2.35. The minimum absolute atomic E-state index is 0.0728. The fourth-order valence-corrected chi connectivity index (χ4v) is 1.81. The van der Waals surface area contributed by atoms with E-state index in [-0.39, 0.29) is 10.9 Å². The number of pyridine rings is 1. The number of anilines is 1. The predicted molar refractivity (Wildman–Crippen MR) is 68.4 cm³/mol. The average molecular weight is 277 g/mol. The minimum Gasteiger partial charge on any atom is -0.303 e. The van der Waals surface area contributed by atoms with Crippen LogP contribution in [0.4, 0.5) is 14.9 Å². The number of halogens is 1. The lowest BCUT2D eigenvalue weighted by Crippen LogP contribution is -2.28. The fourth-order valence-electron chi connectivity index (χ4n) is 1.18. The number of thiol groups is 1. The molecule has 17 heavy (non-hydrogen) atoms. The molecule has 0 aromatic carbocycles. The molecule has 0 bridgehead atoms. The van der Waals surface area contributed by atoms with Crippen LogP contribution >= 0.6 is 22.5 Å². The van der Waals surface area contributed by atoms with E-state index in [1.165, 1.54) is 24.1 Å². The van der Waals surface area contributed by atoms with Crippen LogP contribution in [-0.4, -0.2) is 18.1 Å². The van der Waals surface area contributed by atoms with Gasteiger partial charge in [0.15, 0.2) is 5.82 Å². The number of urea groups is 1. The summed E-state index contributed by atoms with van der Waals surface area (Å²) in [7, 11) is 2.51. The van der Waals surface area contributed by atoms with Crippen LogP contribution in [0.25, 0.3) is 0 Å². The van der Waals surface area contributed by atoms with Gasteiger partial charge in [-0.3, -0.25) is 9.82 Å². The average Bonchev–Trinajstić information content (AvgIpc) is 2.31. The van der Waals surface area contributed by atoms with E-state index in [1.807, 2.05) is 12.4 Å². The Balaban J connectivity index is 2.99. The van der Waals surface area contributed by atoms with E-state index < -0.39 is 11.8 Å². The van der Waals surface area contributed by atoms with Gasteiger partial charge >= 0.3 is 6.03 Å². The highest BCUT2D eigenvalue weighted by atomic mass is 33.1. The van der Waals surface area contributed by atoms with Crippen LogP contribution in [0.2, 0.25) is 0 Å². The van der Waals surface area contributed by atoms with Gasteiger partial charge in [0.2, 0.25) is 0 Å². The molecular weight excluding hydrogens is 265 g/mol. The Kier molecular flexibility index (Phi) is 5.52. The molecule has 5 nitrogen and oxygen atoms in total.